The number of anilines is 1. The number of nitrogens with zero attached hydrogens (tertiary/aromatic N) is 3. The largest absolute Gasteiger partial charge is 0.350 e. The van der Waals surface area contributed by atoms with Crippen LogP contribution in [0.2, 0.25) is 0 Å². The lowest BCUT2D eigenvalue weighted by Crippen LogP contribution is -2.31. The average molecular weight is 317 g/mol. The first-order chi connectivity index (χ1) is 11.1. The molecule has 1 aromatic carbocycles. The van der Waals surface area contributed by atoms with E-state index in [1.165, 1.54) is 12.3 Å². The van der Waals surface area contributed by atoms with Gasteiger partial charge in [-0.2, -0.15) is 0 Å². The van der Waals surface area contributed by atoms with Gasteiger partial charge in [0.25, 0.3) is 5.91 Å². The Bertz CT molecular complexity index is 662. The first-order valence-electron chi connectivity index (χ1n) is 7.29. The lowest BCUT2D eigenvalue weighted by Gasteiger charge is -2.10. The van der Waals surface area contributed by atoms with E-state index in [9.17, 15) is 9.18 Å². The second kappa shape index (κ2) is 8.19. The number of carbonyl (C=O) groups is 1. The molecule has 2 aromatic rings. The van der Waals surface area contributed by atoms with Crippen molar-refractivity contribution in [1.29, 1.82) is 0 Å². The van der Waals surface area contributed by atoms with Crippen molar-refractivity contribution < 1.29 is 9.18 Å². The van der Waals surface area contributed by atoms with Gasteiger partial charge in [-0.15, -0.1) is 0 Å². The van der Waals surface area contributed by atoms with E-state index in [4.69, 9.17) is 0 Å². The van der Waals surface area contributed by atoms with Crippen molar-refractivity contribution in [2.75, 3.05) is 32.5 Å². The van der Waals surface area contributed by atoms with E-state index in [1.807, 2.05) is 19.0 Å². The summed E-state index contributed by atoms with van der Waals surface area (Å²) in [5, 5.41) is 5.70. The van der Waals surface area contributed by atoms with Gasteiger partial charge >= 0.3 is 0 Å². The molecule has 1 amide bonds. The van der Waals surface area contributed by atoms with Crippen LogP contribution in [0.3, 0.4) is 0 Å². The molecule has 0 bridgehead atoms. The summed E-state index contributed by atoms with van der Waals surface area (Å²) in [5.41, 5.74) is 0.784. The molecule has 0 aliphatic heterocycles. The normalized spacial score (nSPS) is 10.6. The summed E-state index contributed by atoms with van der Waals surface area (Å²) in [7, 11) is 3.86. The van der Waals surface area contributed by atoms with Crippen LogP contribution >= 0.6 is 0 Å². The number of amides is 1. The van der Waals surface area contributed by atoms with Gasteiger partial charge in [0.1, 0.15) is 11.5 Å². The van der Waals surface area contributed by atoms with Gasteiger partial charge in [-0.25, -0.2) is 14.4 Å². The fraction of sp³-hybridized carbons (Fsp3) is 0.312. The van der Waals surface area contributed by atoms with E-state index in [2.05, 4.69) is 20.6 Å². The van der Waals surface area contributed by atoms with Crippen molar-refractivity contribution in [2.24, 2.45) is 0 Å². The van der Waals surface area contributed by atoms with Crippen LogP contribution in [0.1, 0.15) is 16.1 Å². The van der Waals surface area contributed by atoms with E-state index in [0.717, 1.165) is 6.54 Å². The number of aromatic nitrogens is 2. The van der Waals surface area contributed by atoms with Crippen LogP contribution in [0, 0.1) is 5.82 Å². The Morgan fingerprint density at radius 2 is 2.04 bits per heavy atom. The maximum atomic E-state index is 13.6. The molecular formula is C16H20FN5O. The summed E-state index contributed by atoms with van der Waals surface area (Å²) >= 11 is 0. The summed E-state index contributed by atoms with van der Waals surface area (Å²) in [6.07, 6.45) is 1.50. The van der Waals surface area contributed by atoms with Gasteiger partial charge in [-0.1, -0.05) is 18.2 Å². The summed E-state index contributed by atoms with van der Waals surface area (Å²) in [4.78, 5) is 22.2. The zero-order valence-electron chi connectivity index (χ0n) is 13.2. The molecule has 1 aromatic heterocycles. The lowest BCUT2D eigenvalue weighted by molar-refractivity contribution is 0.0946. The van der Waals surface area contributed by atoms with Gasteiger partial charge in [-0.3, -0.25) is 4.79 Å². The van der Waals surface area contributed by atoms with Gasteiger partial charge in [0, 0.05) is 31.4 Å². The predicted molar refractivity (Wildman–Crippen MR) is 86.6 cm³/mol. The zero-order chi connectivity index (χ0) is 16.7. The number of hydrogen-bond donors (Lipinski definition) is 2. The summed E-state index contributed by atoms with van der Waals surface area (Å²) in [6, 6.07) is 8.01. The number of rotatable bonds is 7. The molecule has 0 aliphatic rings. The predicted octanol–water partition coefficient (Wildman–Crippen LogP) is 1.52. The number of carbonyl (C=O) groups excluding carboxylic acids is 1. The quantitative estimate of drug-likeness (QED) is 0.810. The van der Waals surface area contributed by atoms with Crippen molar-refractivity contribution in [3.63, 3.8) is 0 Å². The van der Waals surface area contributed by atoms with Crippen LogP contribution in [0.5, 0.6) is 0 Å². The van der Waals surface area contributed by atoms with E-state index < -0.39 is 0 Å². The topological polar surface area (TPSA) is 70.2 Å². The molecule has 0 fully saturated rings. The Balaban J connectivity index is 1.94. The molecule has 0 radical (unpaired) electrons. The lowest BCUT2D eigenvalue weighted by atomic mass is 10.2. The molecule has 2 rings (SSSR count). The Morgan fingerprint density at radius 1 is 1.26 bits per heavy atom. The van der Waals surface area contributed by atoms with Crippen molar-refractivity contribution >= 4 is 11.9 Å². The van der Waals surface area contributed by atoms with E-state index in [1.54, 1.807) is 24.3 Å². The third-order valence-electron chi connectivity index (χ3n) is 3.13. The Morgan fingerprint density at radius 3 is 2.78 bits per heavy atom. The van der Waals surface area contributed by atoms with Crippen molar-refractivity contribution in [2.45, 2.75) is 6.54 Å². The van der Waals surface area contributed by atoms with Crippen molar-refractivity contribution in [1.82, 2.24) is 20.2 Å². The van der Waals surface area contributed by atoms with E-state index >= 15 is 0 Å². The number of benzene rings is 1. The van der Waals surface area contributed by atoms with Crippen LogP contribution in [0.4, 0.5) is 10.3 Å². The fourth-order valence-electron chi connectivity index (χ4n) is 1.87. The van der Waals surface area contributed by atoms with Crippen molar-refractivity contribution in [3.05, 3.63) is 53.6 Å². The highest BCUT2D eigenvalue weighted by atomic mass is 19.1. The standard InChI is InChI=1S/C16H20FN5O/c1-22(2)10-9-18-15(23)14-7-8-19-16(21-14)20-11-12-5-3-4-6-13(12)17/h3-8H,9-11H2,1-2H3,(H,18,23)(H,19,20,21). The summed E-state index contributed by atoms with van der Waals surface area (Å²) in [6.45, 7) is 1.53. The highest BCUT2D eigenvalue weighted by molar-refractivity contribution is 5.92. The molecule has 0 aliphatic carbocycles. The number of likely N-dealkylation sites (N-methyl/N-ethyl adjacent to an activating group) is 1. The molecule has 0 saturated heterocycles. The average Bonchev–Trinajstić information content (AvgIpc) is 2.54. The molecule has 0 atom stereocenters. The van der Waals surface area contributed by atoms with Crippen LogP contribution in [-0.4, -0.2) is 48.0 Å². The molecule has 2 N–H and O–H groups in total. The van der Waals surface area contributed by atoms with Gasteiger partial charge in [-0.05, 0) is 26.2 Å². The fourth-order valence-corrected chi connectivity index (χ4v) is 1.87. The number of hydrogen-bond acceptors (Lipinski definition) is 5. The molecule has 0 unspecified atom stereocenters. The minimum absolute atomic E-state index is 0.248. The summed E-state index contributed by atoms with van der Waals surface area (Å²) in [5.74, 6) is -0.269. The van der Waals surface area contributed by atoms with Gasteiger partial charge in [0.2, 0.25) is 5.95 Å². The van der Waals surface area contributed by atoms with Crippen LogP contribution in [-0.2, 0) is 6.54 Å². The van der Waals surface area contributed by atoms with E-state index in [-0.39, 0.29) is 29.9 Å². The third-order valence-corrected chi connectivity index (χ3v) is 3.13. The zero-order valence-corrected chi connectivity index (χ0v) is 13.2. The van der Waals surface area contributed by atoms with Crippen LogP contribution in [0.15, 0.2) is 36.5 Å². The highest BCUT2D eigenvalue weighted by Crippen LogP contribution is 2.08. The first kappa shape index (κ1) is 16.8. The second-order valence-corrected chi connectivity index (χ2v) is 5.27. The maximum absolute atomic E-state index is 13.6. The van der Waals surface area contributed by atoms with Crippen LogP contribution < -0.4 is 10.6 Å². The van der Waals surface area contributed by atoms with Gasteiger partial charge in [0.15, 0.2) is 0 Å². The molecule has 23 heavy (non-hydrogen) atoms. The Kier molecular flexibility index (Phi) is 5.99. The van der Waals surface area contributed by atoms with Gasteiger partial charge in [0.05, 0.1) is 0 Å². The smallest absolute Gasteiger partial charge is 0.270 e. The first-order valence-corrected chi connectivity index (χ1v) is 7.29. The molecule has 7 heteroatoms. The molecule has 122 valence electrons. The number of halogens is 1. The Hall–Kier alpha value is -2.54. The number of nitrogens with one attached hydrogen (secondary N) is 2. The SMILES string of the molecule is CN(C)CCNC(=O)c1ccnc(NCc2ccccc2F)n1. The molecule has 6 nitrogen and oxygen atoms in total. The van der Waals surface area contributed by atoms with E-state index in [0.29, 0.717) is 12.1 Å². The monoisotopic (exact) mass is 317 g/mol. The molecule has 0 spiro atoms. The second-order valence-electron chi connectivity index (χ2n) is 5.27. The molecule has 1 heterocycles. The highest BCUT2D eigenvalue weighted by Gasteiger charge is 2.09. The maximum Gasteiger partial charge on any atom is 0.270 e. The van der Waals surface area contributed by atoms with Gasteiger partial charge < -0.3 is 15.5 Å². The Labute approximate surface area is 134 Å². The molecular weight excluding hydrogens is 297 g/mol. The third kappa shape index (κ3) is 5.30. The summed E-state index contributed by atoms with van der Waals surface area (Å²) < 4.78 is 13.6. The minimum Gasteiger partial charge on any atom is -0.350 e. The molecule has 0 saturated carbocycles. The van der Waals surface area contributed by atoms with Crippen LogP contribution in [0.25, 0.3) is 0 Å². The minimum atomic E-state index is -0.294. The van der Waals surface area contributed by atoms with Crippen molar-refractivity contribution in [3.8, 4) is 0 Å².